The predicted octanol–water partition coefficient (Wildman–Crippen LogP) is 2.99. The SMILES string of the molecule is Cc1[nH]cnc1CCC(=O)c1coc2ccccc12.O=C(O)/C=C\C(=O)O. The molecular weight excluding hydrogens is 352 g/mol. The first kappa shape index (κ1) is 19.6. The van der Waals surface area contributed by atoms with E-state index in [1.165, 1.54) is 0 Å². The molecule has 27 heavy (non-hydrogen) atoms. The van der Waals surface area contributed by atoms with E-state index in [1.54, 1.807) is 12.6 Å². The van der Waals surface area contributed by atoms with E-state index in [0.717, 1.165) is 22.4 Å². The molecule has 0 bridgehead atoms. The van der Waals surface area contributed by atoms with Gasteiger partial charge in [-0.25, -0.2) is 14.6 Å². The minimum absolute atomic E-state index is 0.0901. The second-order valence-electron chi connectivity index (χ2n) is 5.55. The Morgan fingerprint density at radius 3 is 2.41 bits per heavy atom. The van der Waals surface area contributed by atoms with Crippen LogP contribution in [-0.2, 0) is 16.0 Å². The number of carbonyl (C=O) groups is 3. The summed E-state index contributed by atoms with van der Waals surface area (Å²) in [7, 11) is 0. The van der Waals surface area contributed by atoms with Crippen molar-refractivity contribution in [2.45, 2.75) is 19.8 Å². The van der Waals surface area contributed by atoms with E-state index in [9.17, 15) is 14.4 Å². The number of ketones is 1. The van der Waals surface area contributed by atoms with Gasteiger partial charge in [-0.15, -0.1) is 0 Å². The van der Waals surface area contributed by atoms with Crippen molar-refractivity contribution in [3.05, 3.63) is 66.0 Å². The number of nitrogens with one attached hydrogen (secondary N) is 1. The third-order valence-corrected chi connectivity index (χ3v) is 3.67. The number of aliphatic carboxylic acids is 2. The van der Waals surface area contributed by atoms with Crippen LogP contribution in [0.1, 0.15) is 28.2 Å². The average molecular weight is 370 g/mol. The Morgan fingerprint density at radius 2 is 1.81 bits per heavy atom. The van der Waals surface area contributed by atoms with Gasteiger partial charge in [0.25, 0.3) is 0 Å². The van der Waals surface area contributed by atoms with Crippen molar-refractivity contribution >= 4 is 28.7 Å². The number of carboxylic acid groups (broad SMARTS) is 2. The molecule has 0 amide bonds. The van der Waals surface area contributed by atoms with Gasteiger partial charge in [0.15, 0.2) is 5.78 Å². The van der Waals surface area contributed by atoms with Gasteiger partial charge in [0.2, 0.25) is 0 Å². The molecule has 0 radical (unpaired) electrons. The molecule has 3 N–H and O–H groups in total. The second kappa shape index (κ2) is 9.14. The topological polar surface area (TPSA) is 133 Å². The molecule has 0 spiro atoms. The summed E-state index contributed by atoms with van der Waals surface area (Å²) in [6.45, 7) is 1.96. The van der Waals surface area contributed by atoms with Gasteiger partial charge in [-0.05, 0) is 19.4 Å². The van der Waals surface area contributed by atoms with Crippen LogP contribution in [0, 0.1) is 6.92 Å². The fourth-order valence-corrected chi connectivity index (χ4v) is 2.34. The number of furan rings is 1. The summed E-state index contributed by atoms with van der Waals surface area (Å²) in [6.07, 6.45) is 5.40. The van der Waals surface area contributed by atoms with Crippen LogP contribution in [0.25, 0.3) is 11.0 Å². The van der Waals surface area contributed by atoms with Gasteiger partial charge in [0.05, 0.1) is 17.6 Å². The number of hydrogen-bond acceptors (Lipinski definition) is 5. The van der Waals surface area contributed by atoms with Crippen molar-refractivity contribution in [3.8, 4) is 0 Å². The standard InChI is InChI=1S/C15H14N2O2.C4H4O4/c1-10-13(17-9-16-10)6-7-14(18)12-8-19-15-5-3-2-4-11(12)15;5-3(6)1-2-4(7)8/h2-5,8-9H,6-7H2,1H3,(H,16,17);1-2H,(H,5,6)(H,7,8)/b;2-1-. The fourth-order valence-electron chi connectivity index (χ4n) is 2.34. The molecule has 0 aliphatic rings. The number of benzene rings is 1. The van der Waals surface area contributed by atoms with Crippen LogP contribution in [0.5, 0.6) is 0 Å². The molecular formula is C19H18N2O6. The zero-order valence-corrected chi connectivity index (χ0v) is 14.5. The number of Topliss-reactive ketones (excluding diaryl/α,β-unsaturated/α-hetero) is 1. The lowest BCUT2D eigenvalue weighted by Crippen LogP contribution is -2.01. The van der Waals surface area contributed by atoms with Crippen LogP contribution in [0.3, 0.4) is 0 Å². The molecule has 0 fully saturated rings. The average Bonchev–Trinajstić information content (AvgIpc) is 3.24. The van der Waals surface area contributed by atoms with Gasteiger partial charge >= 0.3 is 11.9 Å². The number of nitrogens with zero attached hydrogens (tertiary/aromatic N) is 1. The smallest absolute Gasteiger partial charge is 0.328 e. The van der Waals surface area contributed by atoms with E-state index >= 15 is 0 Å². The van der Waals surface area contributed by atoms with Crippen LogP contribution >= 0.6 is 0 Å². The van der Waals surface area contributed by atoms with Crippen LogP contribution in [-0.4, -0.2) is 37.9 Å². The first-order chi connectivity index (χ1) is 12.9. The number of aromatic nitrogens is 2. The number of carbonyl (C=O) groups excluding carboxylic acids is 1. The zero-order chi connectivity index (χ0) is 19.8. The number of H-pyrrole nitrogens is 1. The molecule has 0 atom stereocenters. The Bertz CT molecular complexity index is 967. The molecule has 3 rings (SSSR count). The highest BCUT2D eigenvalue weighted by molar-refractivity contribution is 6.07. The number of fused-ring (bicyclic) bond motifs is 1. The van der Waals surface area contributed by atoms with Crippen molar-refractivity contribution in [1.82, 2.24) is 9.97 Å². The maximum atomic E-state index is 12.2. The minimum Gasteiger partial charge on any atom is -0.478 e. The highest BCUT2D eigenvalue weighted by atomic mass is 16.4. The molecule has 1 aromatic carbocycles. The van der Waals surface area contributed by atoms with Crippen molar-refractivity contribution in [3.63, 3.8) is 0 Å². The number of para-hydroxylation sites is 1. The van der Waals surface area contributed by atoms with Crippen molar-refractivity contribution in [2.24, 2.45) is 0 Å². The fraction of sp³-hybridized carbons (Fsp3) is 0.158. The van der Waals surface area contributed by atoms with Gasteiger partial charge in [-0.3, -0.25) is 4.79 Å². The van der Waals surface area contributed by atoms with E-state index in [4.69, 9.17) is 14.6 Å². The van der Waals surface area contributed by atoms with Crippen LogP contribution in [0.15, 0.2) is 53.4 Å². The molecule has 8 heteroatoms. The number of carboxylic acids is 2. The monoisotopic (exact) mass is 370 g/mol. The Labute approximate surface area is 154 Å². The molecule has 8 nitrogen and oxygen atoms in total. The molecule has 0 saturated heterocycles. The third kappa shape index (κ3) is 5.67. The summed E-state index contributed by atoms with van der Waals surface area (Å²) >= 11 is 0. The van der Waals surface area contributed by atoms with E-state index in [2.05, 4.69) is 9.97 Å². The highest BCUT2D eigenvalue weighted by Crippen LogP contribution is 2.22. The van der Waals surface area contributed by atoms with Gasteiger partial charge in [0.1, 0.15) is 11.8 Å². The number of aromatic amines is 1. The normalized spacial score (nSPS) is 10.6. The lowest BCUT2D eigenvalue weighted by molar-refractivity contribution is -0.134. The lowest BCUT2D eigenvalue weighted by atomic mass is 10.0. The second-order valence-corrected chi connectivity index (χ2v) is 5.55. The molecule has 2 aromatic heterocycles. The van der Waals surface area contributed by atoms with Crippen LogP contribution < -0.4 is 0 Å². The van der Waals surface area contributed by atoms with E-state index in [1.807, 2.05) is 31.2 Å². The first-order valence-corrected chi connectivity index (χ1v) is 8.00. The largest absolute Gasteiger partial charge is 0.478 e. The predicted molar refractivity (Wildman–Crippen MR) is 96.6 cm³/mol. The van der Waals surface area contributed by atoms with Gasteiger partial charge in [0, 0.05) is 29.7 Å². The van der Waals surface area contributed by atoms with Gasteiger partial charge in [-0.2, -0.15) is 0 Å². The number of aryl methyl sites for hydroxylation is 2. The van der Waals surface area contributed by atoms with Crippen molar-refractivity contribution < 1.29 is 29.0 Å². The summed E-state index contributed by atoms with van der Waals surface area (Å²) in [5.74, 6) is -2.42. The van der Waals surface area contributed by atoms with E-state index in [0.29, 0.717) is 30.6 Å². The van der Waals surface area contributed by atoms with E-state index < -0.39 is 11.9 Å². The molecule has 3 aromatic rings. The Morgan fingerprint density at radius 1 is 1.15 bits per heavy atom. The van der Waals surface area contributed by atoms with Crippen molar-refractivity contribution in [2.75, 3.05) is 0 Å². The summed E-state index contributed by atoms with van der Waals surface area (Å²) in [5, 5.41) is 16.5. The van der Waals surface area contributed by atoms with Crippen LogP contribution in [0.4, 0.5) is 0 Å². The Hall–Kier alpha value is -3.68. The number of hydrogen-bond donors (Lipinski definition) is 3. The maximum Gasteiger partial charge on any atom is 0.328 e. The molecule has 0 aliphatic carbocycles. The minimum atomic E-state index is -1.26. The Kier molecular flexibility index (Phi) is 6.65. The summed E-state index contributed by atoms with van der Waals surface area (Å²) < 4.78 is 5.39. The first-order valence-electron chi connectivity index (χ1n) is 8.00. The molecule has 0 aliphatic heterocycles. The molecule has 0 unspecified atom stereocenters. The summed E-state index contributed by atoms with van der Waals surface area (Å²) in [5.41, 5.74) is 3.37. The van der Waals surface area contributed by atoms with Gasteiger partial charge < -0.3 is 19.6 Å². The van der Waals surface area contributed by atoms with Crippen molar-refractivity contribution in [1.29, 1.82) is 0 Å². The van der Waals surface area contributed by atoms with E-state index in [-0.39, 0.29) is 5.78 Å². The molecule has 2 heterocycles. The molecule has 140 valence electrons. The summed E-state index contributed by atoms with van der Waals surface area (Å²) in [6, 6.07) is 7.58. The number of rotatable bonds is 6. The molecule has 0 saturated carbocycles. The maximum absolute atomic E-state index is 12.2. The van der Waals surface area contributed by atoms with Gasteiger partial charge in [-0.1, -0.05) is 18.2 Å². The van der Waals surface area contributed by atoms with Crippen LogP contribution in [0.2, 0.25) is 0 Å². The lowest BCUT2D eigenvalue weighted by Gasteiger charge is -1.98. The highest BCUT2D eigenvalue weighted by Gasteiger charge is 2.14. The third-order valence-electron chi connectivity index (χ3n) is 3.67. The zero-order valence-electron chi connectivity index (χ0n) is 14.5. The summed E-state index contributed by atoms with van der Waals surface area (Å²) in [4.78, 5) is 38.6. The quantitative estimate of drug-likeness (QED) is 0.448. The number of imidazole rings is 1. The Balaban J connectivity index is 0.000000279.